The molecular weight excluding hydrogens is 243 g/mol. The van der Waals surface area contributed by atoms with Gasteiger partial charge in [-0.25, -0.2) is 13.2 Å². The van der Waals surface area contributed by atoms with Crippen LogP contribution in [0.2, 0.25) is 0 Å². The van der Waals surface area contributed by atoms with E-state index in [-0.39, 0.29) is 11.4 Å². The van der Waals surface area contributed by atoms with Crippen molar-refractivity contribution in [3.63, 3.8) is 0 Å². The van der Waals surface area contributed by atoms with Crippen LogP contribution in [0.5, 0.6) is 11.5 Å². The van der Waals surface area contributed by atoms with Crippen molar-refractivity contribution in [1.82, 2.24) is 0 Å². The monoisotopic (exact) mass is 253 g/mol. The molecule has 18 heavy (non-hydrogen) atoms. The molecule has 0 aliphatic heterocycles. The smallest absolute Gasteiger partial charge is 0.198 e. The first-order valence-corrected chi connectivity index (χ1v) is 5.16. The second kappa shape index (κ2) is 4.60. The SMILES string of the molecule is Cc1ccc(Oc2c(F)cc(N)cc2F)cc1F. The fourth-order valence-electron chi connectivity index (χ4n) is 1.43. The Morgan fingerprint density at radius 1 is 0.944 bits per heavy atom. The lowest BCUT2D eigenvalue weighted by Gasteiger charge is -2.09. The second-order valence-corrected chi connectivity index (χ2v) is 3.83. The maximum atomic E-state index is 13.4. The molecule has 0 saturated heterocycles. The van der Waals surface area contributed by atoms with Crippen LogP contribution in [-0.2, 0) is 0 Å². The number of nitrogen functional groups attached to an aromatic ring is 1. The summed E-state index contributed by atoms with van der Waals surface area (Å²) in [6.07, 6.45) is 0. The zero-order valence-corrected chi connectivity index (χ0v) is 9.51. The van der Waals surface area contributed by atoms with Gasteiger partial charge < -0.3 is 10.5 Å². The van der Waals surface area contributed by atoms with Gasteiger partial charge in [0.25, 0.3) is 0 Å². The molecule has 0 spiro atoms. The first-order valence-electron chi connectivity index (χ1n) is 5.16. The maximum Gasteiger partial charge on any atom is 0.198 e. The van der Waals surface area contributed by atoms with Gasteiger partial charge in [0, 0.05) is 23.9 Å². The highest BCUT2D eigenvalue weighted by molar-refractivity contribution is 5.45. The van der Waals surface area contributed by atoms with Crippen molar-refractivity contribution < 1.29 is 17.9 Å². The third-order valence-corrected chi connectivity index (χ3v) is 2.38. The number of rotatable bonds is 2. The largest absolute Gasteiger partial charge is 0.451 e. The zero-order chi connectivity index (χ0) is 13.3. The molecule has 0 unspecified atom stereocenters. The van der Waals surface area contributed by atoms with E-state index in [1.165, 1.54) is 12.1 Å². The molecule has 0 aliphatic rings. The molecule has 2 aromatic rings. The van der Waals surface area contributed by atoms with Crippen LogP contribution < -0.4 is 10.5 Å². The average molecular weight is 253 g/mol. The van der Waals surface area contributed by atoms with E-state index >= 15 is 0 Å². The Morgan fingerprint density at radius 3 is 2.11 bits per heavy atom. The molecule has 94 valence electrons. The third-order valence-electron chi connectivity index (χ3n) is 2.38. The van der Waals surface area contributed by atoms with Crippen LogP contribution in [-0.4, -0.2) is 0 Å². The van der Waals surface area contributed by atoms with Gasteiger partial charge in [-0.3, -0.25) is 0 Å². The maximum absolute atomic E-state index is 13.4. The summed E-state index contributed by atoms with van der Waals surface area (Å²) in [4.78, 5) is 0. The number of halogens is 3. The highest BCUT2D eigenvalue weighted by Gasteiger charge is 2.13. The molecule has 0 fully saturated rings. The van der Waals surface area contributed by atoms with Gasteiger partial charge in [-0.05, 0) is 18.6 Å². The van der Waals surface area contributed by atoms with E-state index < -0.39 is 23.2 Å². The lowest BCUT2D eigenvalue weighted by Crippen LogP contribution is -1.96. The first-order chi connectivity index (χ1) is 8.47. The molecule has 0 bridgehead atoms. The van der Waals surface area contributed by atoms with Crippen molar-refractivity contribution in [2.45, 2.75) is 6.92 Å². The molecule has 2 aromatic carbocycles. The zero-order valence-electron chi connectivity index (χ0n) is 9.51. The standard InChI is InChI=1S/C13H10F3NO/c1-7-2-3-9(6-10(7)14)18-13-11(15)4-8(17)5-12(13)16/h2-6H,17H2,1H3. The fraction of sp³-hybridized carbons (Fsp3) is 0.0769. The average Bonchev–Trinajstić information content (AvgIpc) is 2.28. The number of benzene rings is 2. The van der Waals surface area contributed by atoms with Crippen LogP contribution in [0.1, 0.15) is 5.56 Å². The first kappa shape index (κ1) is 12.3. The Balaban J connectivity index is 2.37. The van der Waals surface area contributed by atoms with Gasteiger partial charge in [-0.1, -0.05) is 6.07 Å². The number of hydrogen-bond donors (Lipinski definition) is 1. The topological polar surface area (TPSA) is 35.2 Å². The highest BCUT2D eigenvalue weighted by atomic mass is 19.1. The lowest BCUT2D eigenvalue weighted by molar-refractivity contribution is 0.405. The fourth-order valence-corrected chi connectivity index (χ4v) is 1.43. The molecule has 0 saturated carbocycles. The third kappa shape index (κ3) is 2.40. The van der Waals surface area contributed by atoms with Crippen LogP contribution in [0.15, 0.2) is 30.3 Å². The number of nitrogens with two attached hydrogens (primary N) is 1. The molecule has 2 N–H and O–H groups in total. The summed E-state index contributed by atoms with van der Waals surface area (Å²) in [5.74, 6) is -2.97. The minimum atomic E-state index is -0.937. The van der Waals surface area contributed by atoms with Crippen LogP contribution >= 0.6 is 0 Å². The van der Waals surface area contributed by atoms with Crippen LogP contribution in [0, 0.1) is 24.4 Å². The Bertz CT molecular complexity index is 576. The van der Waals surface area contributed by atoms with E-state index in [0.29, 0.717) is 5.56 Å². The summed E-state index contributed by atoms with van der Waals surface area (Å²) in [5.41, 5.74) is 5.64. The van der Waals surface area contributed by atoms with Crippen molar-refractivity contribution in [1.29, 1.82) is 0 Å². The summed E-state index contributed by atoms with van der Waals surface area (Å²) >= 11 is 0. The highest BCUT2D eigenvalue weighted by Crippen LogP contribution is 2.30. The molecule has 5 heteroatoms. The van der Waals surface area contributed by atoms with Gasteiger partial charge in [0.05, 0.1) is 0 Å². The molecule has 0 radical (unpaired) electrons. The van der Waals surface area contributed by atoms with Gasteiger partial charge in [-0.15, -0.1) is 0 Å². The van der Waals surface area contributed by atoms with E-state index in [1.54, 1.807) is 6.92 Å². The van der Waals surface area contributed by atoms with Crippen molar-refractivity contribution in [3.8, 4) is 11.5 Å². The molecule has 0 aromatic heterocycles. The Hall–Kier alpha value is -2.17. The van der Waals surface area contributed by atoms with Crippen LogP contribution in [0.4, 0.5) is 18.9 Å². The molecule has 0 heterocycles. The molecule has 0 aliphatic carbocycles. The minimum absolute atomic E-state index is 0.0145. The molecule has 0 atom stereocenters. The van der Waals surface area contributed by atoms with Gasteiger partial charge in [-0.2, -0.15) is 0 Å². The Morgan fingerprint density at radius 2 is 1.56 bits per heavy atom. The molecule has 0 amide bonds. The Kier molecular flexibility index (Phi) is 3.14. The molecule has 2 rings (SSSR count). The van der Waals surface area contributed by atoms with Gasteiger partial charge in [0.15, 0.2) is 17.4 Å². The summed E-state index contributed by atoms with van der Waals surface area (Å²) in [6, 6.07) is 5.81. The number of hydrogen-bond acceptors (Lipinski definition) is 2. The quantitative estimate of drug-likeness (QED) is 0.826. The Labute approximate surface area is 102 Å². The van der Waals surface area contributed by atoms with E-state index in [4.69, 9.17) is 10.5 Å². The second-order valence-electron chi connectivity index (χ2n) is 3.83. The van der Waals surface area contributed by atoms with E-state index in [1.807, 2.05) is 0 Å². The molecular formula is C13H10F3NO. The van der Waals surface area contributed by atoms with Crippen molar-refractivity contribution in [2.75, 3.05) is 5.73 Å². The number of anilines is 1. The predicted molar refractivity (Wildman–Crippen MR) is 62.0 cm³/mol. The van der Waals surface area contributed by atoms with Crippen molar-refractivity contribution >= 4 is 5.69 Å². The van der Waals surface area contributed by atoms with Crippen molar-refractivity contribution in [3.05, 3.63) is 53.3 Å². The van der Waals surface area contributed by atoms with E-state index in [0.717, 1.165) is 18.2 Å². The number of aryl methyl sites for hydroxylation is 1. The van der Waals surface area contributed by atoms with E-state index in [2.05, 4.69) is 0 Å². The summed E-state index contributed by atoms with van der Waals surface area (Å²) < 4.78 is 45.1. The van der Waals surface area contributed by atoms with Crippen LogP contribution in [0.25, 0.3) is 0 Å². The number of ether oxygens (including phenoxy) is 1. The lowest BCUT2D eigenvalue weighted by atomic mass is 10.2. The summed E-state index contributed by atoms with van der Waals surface area (Å²) in [7, 11) is 0. The van der Waals surface area contributed by atoms with Crippen molar-refractivity contribution in [2.24, 2.45) is 0 Å². The van der Waals surface area contributed by atoms with Gasteiger partial charge in [0.2, 0.25) is 0 Å². The van der Waals surface area contributed by atoms with Crippen LogP contribution in [0.3, 0.4) is 0 Å². The normalized spacial score (nSPS) is 10.4. The minimum Gasteiger partial charge on any atom is -0.451 e. The summed E-state index contributed by atoms with van der Waals surface area (Å²) in [5, 5.41) is 0. The predicted octanol–water partition coefficient (Wildman–Crippen LogP) is 3.79. The molecule has 2 nitrogen and oxygen atoms in total. The van der Waals surface area contributed by atoms with Gasteiger partial charge >= 0.3 is 0 Å². The van der Waals surface area contributed by atoms with E-state index in [9.17, 15) is 13.2 Å². The van der Waals surface area contributed by atoms with Gasteiger partial charge in [0.1, 0.15) is 11.6 Å². The summed E-state index contributed by atoms with van der Waals surface area (Å²) in [6.45, 7) is 1.57.